The van der Waals surface area contributed by atoms with E-state index < -0.39 is 11.6 Å². The lowest BCUT2D eigenvalue weighted by Gasteiger charge is -2.41. The number of aryl methyl sites for hydroxylation is 1. The van der Waals surface area contributed by atoms with E-state index in [1.54, 1.807) is 6.20 Å². The third kappa shape index (κ3) is 3.97. The number of pyridine rings is 1. The Morgan fingerprint density at radius 2 is 1.82 bits per heavy atom. The molecule has 1 aliphatic heterocycles. The van der Waals surface area contributed by atoms with E-state index in [9.17, 15) is 8.78 Å². The monoisotopic (exact) mass is 447 g/mol. The first kappa shape index (κ1) is 21.5. The lowest BCUT2D eigenvalue weighted by molar-refractivity contribution is 0.265. The summed E-state index contributed by atoms with van der Waals surface area (Å²) in [6, 6.07) is 15.6. The van der Waals surface area contributed by atoms with Gasteiger partial charge in [0.1, 0.15) is 17.3 Å². The Hall–Kier alpha value is -3.32. The molecule has 0 radical (unpaired) electrons. The first-order chi connectivity index (χ1) is 15.9. The van der Waals surface area contributed by atoms with Crippen molar-refractivity contribution >= 4 is 16.7 Å². The van der Waals surface area contributed by atoms with Crippen LogP contribution in [0.15, 0.2) is 54.7 Å². The summed E-state index contributed by atoms with van der Waals surface area (Å²) in [7, 11) is 2.15. The molecule has 1 fully saturated rings. The van der Waals surface area contributed by atoms with Gasteiger partial charge >= 0.3 is 0 Å². The van der Waals surface area contributed by atoms with Gasteiger partial charge in [-0.05, 0) is 51.1 Å². The zero-order valence-corrected chi connectivity index (χ0v) is 19.1. The molecule has 0 bridgehead atoms. The number of hydrogen-bond acceptors (Lipinski definition) is 4. The van der Waals surface area contributed by atoms with Crippen LogP contribution < -0.4 is 4.90 Å². The molecule has 0 spiro atoms. The van der Waals surface area contributed by atoms with Crippen molar-refractivity contribution in [3.63, 3.8) is 0 Å². The summed E-state index contributed by atoms with van der Waals surface area (Å²) in [5.41, 5.74) is 3.00. The van der Waals surface area contributed by atoms with Gasteiger partial charge < -0.3 is 9.80 Å². The molecule has 1 unspecified atom stereocenters. The molecule has 0 amide bonds. The van der Waals surface area contributed by atoms with E-state index in [1.165, 1.54) is 29.3 Å². The molecule has 5 rings (SSSR count). The van der Waals surface area contributed by atoms with Crippen molar-refractivity contribution in [3.05, 3.63) is 83.2 Å². The van der Waals surface area contributed by atoms with Gasteiger partial charge in [0.25, 0.3) is 0 Å². The average molecular weight is 448 g/mol. The molecule has 7 heteroatoms. The summed E-state index contributed by atoms with van der Waals surface area (Å²) in [6.45, 7) is 6.13. The number of piperazine rings is 1. The maximum atomic E-state index is 14.8. The number of hydrogen-bond donors (Lipinski definition) is 0. The minimum Gasteiger partial charge on any atom is -0.351 e. The van der Waals surface area contributed by atoms with Crippen molar-refractivity contribution in [3.8, 4) is 5.69 Å². The van der Waals surface area contributed by atoms with Crippen LogP contribution in [-0.2, 0) is 6.42 Å². The second-order valence-corrected chi connectivity index (χ2v) is 8.86. The van der Waals surface area contributed by atoms with Crippen molar-refractivity contribution in [1.82, 2.24) is 19.7 Å². The fourth-order valence-corrected chi connectivity index (χ4v) is 4.68. The standard InChI is InChI=1S/C26H27F2N5/c1-17-22(27)9-10-23(26(17)28)33-24-15-29-25(14-21(24)18(2)30-33)32-12-11-31(3)16-20(32)13-19-7-5-4-6-8-19/h4-10,14-15,20H,11-13,16H2,1-3H3. The Bertz CT molecular complexity index is 1300. The molecule has 3 heterocycles. The van der Waals surface area contributed by atoms with Crippen LogP contribution in [0.4, 0.5) is 14.6 Å². The molecule has 0 aliphatic carbocycles. The van der Waals surface area contributed by atoms with Crippen LogP contribution in [0.5, 0.6) is 0 Å². The summed E-state index contributed by atoms with van der Waals surface area (Å²) in [5.74, 6) is -0.273. The van der Waals surface area contributed by atoms with Gasteiger partial charge in [-0.2, -0.15) is 5.10 Å². The lowest BCUT2D eigenvalue weighted by Crippen LogP contribution is -2.53. The Kier molecular flexibility index (Phi) is 5.58. The molecule has 170 valence electrons. The zero-order valence-electron chi connectivity index (χ0n) is 19.1. The van der Waals surface area contributed by atoms with E-state index in [0.29, 0.717) is 11.6 Å². The summed E-state index contributed by atoms with van der Waals surface area (Å²) in [5, 5.41) is 5.48. The molecular formula is C26H27F2N5. The van der Waals surface area contributed by atoms with Crippen LogP contribution in [0, 0.1) is 25.5 Å². The highest BCUT2D eigenvalue weighted by molar-refractivity contribution is 5.85. The smallest absolute Gasteiger partial charge is 0.154 e. The number of nitrogens with zero attached hydrogens (tertiary/aromatic N) is 5. The summed E-state index contributed by atoms with van der Waals surface area (Å²) < 4.78 is 30.1. The molecule has 2 aromatic heterocycles. The molecule has 33 heavy (non-hydrogen) atoms. The first-order valence-electron chi connectivity index (χ1n) is 11.2. The van der Waals surface area contributed by atoms with E-state index >= 15 is 0 Å². The van der Waals surface area contributed by atoms with E-state index in [1.807, 2.05) is 19.1 Å². The van der Waals surface area contributed by atoms with E-state index in [-0.39, 0.29) is 11.3 Å². The Balaban J connectivity index is 1.53. The molecular weight excluding hydrogens is 420 g/mol. The summed E-state index contributed by atoms with van der Waals surface area (Å²) in [4.78, 5) is 9.49. The fourth-order valence-electron chi connectivity index (χ4n) is 4.68. The average Bonchev–Trinajstić information content (AvgIpc) is 3.14. The molecule has 1 saturated heterocycles. The van der Waals surface area contributed by atoms with Gasteiger partial charge in [0.2, 0.25) is 0 Å². The highest BCUT2D eigenvalue weighted by Crippen LogP contribution is 2.29. The van der Waals surface area contributed by atoms with Gasteiger partial charge in [-0.1, -0.05) is 30.3 Å². The maximum Gasteiger partial charge on any atom is 0.154 e. The van der Waals surface area contributed by atoms with Crippen molar-refractivity contribution < 1.29 is 8.78 Å². The molecule has 2 aromatic carbocycles. The molecule has 1 aliphatic rings. The quantitative estimate of drug-likeness (QED) is 0.455. The highest BCUT2D eigenvalue weighted by Gasteiger charge is 2.27. The number of benzene rings is 2. The van der Waals surface area contributed by atoms with Gasteiger partial charge in [0.05, 0.1) is 17.4 Å². The van der Waals surface area contributed by atoms with Gasteiger partial charge in [-0.15, -0.1) is 0 Å². The second kappa shape index (κ2) is 8.56. The number of halogens is 2. The minimum absolute atomic E-state index is 0.0143. The van der Waals surface area contributed by atoms with Crippen LogP contribution in [0.1, 0.15) is 16.8 Å². The Morgan fingerprint density at radius 3 is 2.61 bits per heavy atom. The molecule has 0 N–H and O–H groups in total. The lowest BCUT2D eigenvalue weighted by atomic mass is 10.0. The summed E-state index contributed by atoms with van der Waals surface area (Å²) in [6.07, 6.45) is 2.68. The SMILES string of the molecule is Cc1c(F)ccc(-n2nc(C)c3cc(N4CCN(C)CC4Cc4ccccc4)ncc32)c1F. The van der Waals surface area contributed by atoms with Crippen molar-refractivity contribution in [2.24, 2.45) is 0 Å². The minimum atomic E-state index is -0.606. The van der Waals surface area contributed by atoms with Crippen LogP contribution >= 0.6 is 0 Å². The summed E-state index contributed by atoms with van der Waals surface area (Å²) >= 11 is 0. The van der Waals surface area contributed by atoms with Gasteiger partial charge in [0, 0.05) is 36.6 Å². The van der Waals surface area contributed by atoms with Crippen molar-refractivity contribution in [2.45, 2.75) is 26.3 Å². The number of fused-ring (bicyclic) bond motifs is 1. The van der Waals surface area contributed by atoms with E-state index in [2.05, 4.69) is 46.2 Å². The number of aromatic nitrogens is 3. The van der Waals surface area contributed by atoms with Crippen molar-refractivity contribution in [2.75, 3.05) is 31.6 Å². The van der Waals surface area contributed by atoms with Crippen molar-refractivity contribution in [1.29, 1.82) is 0 Å². The largest absolute Gasteiger partial charge is 0.351 e. The van der Waals surface area contributed by atoms with Crippen LogP contribution in [0.3, 0.4) is 0 Å². The van der Waals surface area contributed by atoms with Gasteiger partial charge in [0.15, 0.2) is 5.82 Å². The molecule has 1 atom stereocenters. The highest BCUT2D eigenvalue weighted by atomic mass is 19.1. The number of rotatable bonds is 4. The predicted molar refractivity (Wildman–Crippen MR) is 127 cm³/mol. The topological polar surface area (TPSA) is 37.2 Å². The normalized spacial score (nSPS) is 17.1. The fraction of sp³-hybridized carbons (Fsp3) is 0.308. The number of anilines is 1. The second-order valence-electron chi connectivity index (χ2n) is 8.86. The van der Waals surface area contributed by atoms with Gasteiger partial charge in [-0.3, -0.25) is 0 Å². The predicted octanol–water partition coefficient (Wildman–Crippen LogP) is 4.68. The first-order valence-corrected chi connectivity index (χ1v) is 11.2. The van der Waals surface area contributed by atoms with E-state index in [4.69, 9.17) is 4.98 Å². The molecule has 5 nitrogen and oxygen atoms in total. The third-order valence-corrected chi connectivity index (χ3v) is 6.56. The van der Waals surface area contributed by atoms with Crippen LogP contribution in [0.25, 0.3) is 16.6 Å². The van der Waals surface area contributed by atoms with Crippen LogP contribution in [-0.4, -0.2) is 52.4 Å². The Morgan fingerprint density at radius 1 is 1.03 bits per heavy atom. The third-order valence-electron chi connectivity index (χ3n) is 6.56. The number of likely N-dealkylation sites (N-methyl/N-ethyl adjacent to an activating group) is 1. The molecule has 4 aromatic rings. The Labute approximate surface area is 192 Å². The van der Waals surface area contributed by atoms with Gasteiger partial charge in [-0.25, -0.2) is 18.4 Å². The maximum absolute atomic E-state index is 14.8. The van der Waals surface area contributed by atoms with Crippen LogP contribution in [0.2, 0.25) is 0 Å². The zero-order chi connectivity index (χ0) is 23.1. The molecule has 0 saturated carbocycles. The van der Waals surface area contributed by atoms with E-state index in [0.717, 1.165) is 43.0 Å².